The van der Waals surface area contributed by atoms with Gasteiger partial charge in [-0.1, -0.05) is 32.9 Å². The van der Waals surface area contributed by atoms with E-state index in [0.717, 1.165) is 36.6 Å². The molecule has 0 radical (unpaired) electrons. The molecule has 0 spiro atoms. The van der Waals surface area contributed by atoms with Crippen molar-refractivity contribution in [2.45, 2.75) is 45.7 Å². The molecule has 3 aromatic heterocycles. The molecule has 192 valence electrons. The second-order valence-corrected chi connectivity index (χ2v) is 10.4. The van der Waals surface area contributed by atoms with Crippen molar-refractivity contribution in [1.29, 1.82) is 0 Å². The number of allylic oxidation sites excluding steroid dienone is 1. The van der Waals surface area contributed by atoms with Crippen molar-refractivity contribution in [3.05, 3.63) is 82.6 Å². The van der Waals surface area contributed by atoms with Crippen LogP contribution in [0.25, 0.3) is 16.7 Å². The van der Waals surface area contributed by atoms with Crippen LogP contribution < -0.4 is 10.9 Å². The lowest BCUT2D eigenvalue weighted by atomic mass is 9.91. The van der Waals surface area contributed by atoms with Crippen LogP contribution in [-0.2, 0) is 24.9 Å². The lowest BCUT2D eigenvalue weighted by Crippen LogP contribution is -2.32. The zero-order valence-corrected chi connectivity index (χ0v) is 21.6. The first-order chi connectivity index (χ1) is 17.8. The maximum atomic E-state index is 13.3. The normalized spacial score (nSPS) is 14.1. The van der Waals surface area contributed by atoms with Crippen molar-refractivity contribution in [3.63, 3.8) is 0 Å². The summed E-state index contributed by atoms with van der Waals surface area (Å²) in [7, 11) is 0. The van der Waals surface area contributed by atoms with Gasteiger partial charge in [0.1, 0.15) is 5.39 Å². The lowest BCUT2D eigenvalue weighted by Gasteiger charge is -2.28. The standard InChI is InChI=1S/C28H33N7O2/c1-5-11-34-26(37)23-17-30-27(31-21-7-6-20-18-33(13-14-36)12-9-19(20)15-21)32-25(23)35(34)22-8-10-29-24(16-22)28(2,3)4/h5-8,10,15-17,36H,1,9,11-14,18H2,2-4H3,(H,30,31,32). The number of nitrogens with one attached hydrogen (secondary N) is 1. The summed E-state index contributed by atoms with van der Waals surface area (Å²) in [5, 5.41) is 13.0. The van der Waals surface area contributed by atoms with Gasteiger partial charge in [0.2, 0.25) is 5.95 Å². The van der Waals surface area contributed by atoms with Gasteiger partial charge in [-0.25, -0.2) is 14.3 Å². The Labute approximate surface area is 216 Å². The van der Waals surface area contributed by atoms with E-state index in [-0.39, 0.29) is 17.6 Å². The first-order valence-corrected chi connectivity index (χ1v) is 12.6. The molecule has 37 heavy (non-hydrogen) atoms. The number of anilines is 2. The quantitative estimate of drug-likeness (QED) is 0.375. The number of aliphatic hydroxyl groups excluding tert-OH is 1. The number of benzene rings is 1. The van der Waals surface area contributed by atoms with Gasteiger partial charge in [0.05, 0.1) is 18.8 Å². The average molecular weight is 500 g/mol. The molecule has 4 heterocycles. The van der Waals surface area contributed by atoms with E-state index in [9.17, 15) is 9.90 Å². The first kappa shape index (κ1) is 24.9. The van der Waals surface area contributed by atoms with Crippen LogP contribution in [0.3, 0.4) is 0 Å². The van der Waals surface area contributed by atoms with Crippen LogP contribution in [0.15, 0.2) is 60.2 Å². The van der Waals surface area contributed by atoms with E-state index in [0.29, 0.717) is 30.1 Å². The minimum atomic E-state index is -0.170. The van der Waals surface area contributed by atoms with Gasteiger partial charge in [0.15, 0.2) is 5.65 Å². The van der Waals surface area contributed by atoms with Crippen molar-refractivity contribution in [3.8, 4) is 5.69 Å². The minimum absolute atomic E-state index is 0.147. The molecule has 9 heteroatoms. The Morgan fingerprint density at radius 2 is 2.00 bits per heavy atom. The SMILES string of the molecule is C=CCn1c(=O)c2cnc(Nc3ccc4c(c3)CCN(CCO)C4)nc2n1-c1ccnc(C(C)(C)C)c1. The van der Waals surface area contributed by atoms with Crippen molar-refractivity contribution in [2.24, 2.45) is 0 Å². The van der Waals surface area contributed by atoms with Crippen molar-refractivity contribution < 1.29 is 5.11 Å². The van der Waals surface area contributed by atoms with Crippen LogP contribution in [0, 0.1) is 0 Å². The molecule has 0 bridgehead atoms. The Morgan fingerprint density at radius 3 is 2.76 bits per heavy atom. The molecule has 1 aliphatic rings. The maximum Gasteiger partial charge on any atom is 0.278 e. The summed E-state index contributed by atoms with van der Waals surface area (Å²) < 4.78 is 3.45. The number of aromatic nitrogens is 5. The topological polar surface area (TPSA) is 101 Å². The van der Waals surface area contributed by atoms with E-state index in [1.807, 2.05) is 22.9 Å². The molecule has 0 amide bonds. The number of fused-ring (bicyclic) bond motifs is 2. The molecule has 0 atom stereocenters. The number of hydrogen-bond donors (Lipinski definition) is 2. The Balaban J connectivity index is 1.54. The molecule has 4 aromatic rings. The summed E-state index contributed by atoms with van der Waals surface area (Å²) in [6.45, 7) is 13.1. The molecule has 0 unspecified atom stereocenters. The average Bonchev–Trinajstić information content (AvgIpc) is 3.15. The van der Waals surface area contributed by atoms with Gasteiger partial charge in [-0.05, 0) is 41.8 Å². The Bertz CT molecular complexity index is 1510. The highest BCUT2D eigenvalue weighted by Gasteiger charge is 2.21. The molecule has 0 aliphatic carbocycles. The van der Waals surface area contributed by atoms with Crippen LogP contribution in [-0.4, -0.2) is 54.0 Å². The van der Waals surface area contributed by atoms with Crippen molar-refractivity contribution >= 4 is 22.7 Å². The maximum absolute atomic E-state index is 13.3. The molecule has 0 saturated heterocycles. The van der Waals surface area contributed by atoms with E-state index in [1.54, 1.807) is 23.2 Å². The van der Waals surface area contributed by atoms with Gasteiger partial charge < -0.3 is 10.4 Å². The number of hydrogen-bond acceptors (Lipinski definition) is 7. The number of β-amino-alcohol motifs (C(OH)–C–C–N with tert-alkyl or cyclic N) is 1. The predicted molar refractivity (Wildman–Crippen MR) is 146 cm³/mol. The van der Waals surface area contributed by atoms with E-state index in [1.165, 1.54) is 11.1 Å². The number of nitrogens with zero attached hydrogens (tertiary/aromatic N) is 6. The third-order valence-electron chi connectivity index (χ3n) is 6.70. The molecule has 5 rings (SSSR count). The Kier molecular flexibility index (Phi) is 6.66. The molecule has 2 N–H and O–H groups in total. The number of pyridine rings is 1. The van der Waals surface area contributed by atoms with Crippen molar-refractivity contribution in [1.82, 2.24) is 29.2 Å². The summed E-state index contributed by atoms with van der Waals surface area (Å²) in [6, 6.07) is 10.1. The summed E-state index contributed by atoms with van der Waals surface area (Å²) in [5.41, 5.74) is 5.37. The van der Waals surface area contributed by atoms with Gasteiger partial charge in [0, 0.05) is 48.8 Å². The predicted octanol–water partition coefficient (Wildman–Crippen LogP) is 3.55. The van der Waals surface area contributed by atoms with Gasteiger partial charge in [-0.3, -0.25) is 14.7 Å². The van der Waals surface area contributed by atoms with Crippen LogP contribution in [0.2, 0.25) is 0 Å². The number of aliphatic hydroxyl groups is 1. The second-order valence-electron chi connectivity index (χ2n) is 10.4. The fourth-order valence-corrected chi connectivity index (χ4v) is 4.75. The van der Waals surface area contributed by atoms with Crippen molar-refractivity contribution in [2.75, 3.05) is 25.0 Å². The fourth-order valence-electron chi connectivity index (χ4n) is 4.75. The van der Waals surface area contributed by atoms with Crippen LogP contribution in [0.1, 0.15) is 37.6 Å². The van der Waals surface area contributed by atoms with Crippen LogP contribution in [0.5, 0.6) is 0 Å². The first-order valence-electron chi connectivity index (χ1n) is 12.6. The third-order valence-corrected chi connectivity index (χ3v) is 6.70. The molecule has 1 aliphatic heterocycles. The fraction of sp³-hybridized carbons (Fsp3) is 0.357. The minimum Gasteiger partial charge on any atom is -0.395 e. The molecule has 0 saturated carbocycles. The zero-order chi connectivity index (χ0) is 26.2. The summed E-state index contributed by atoms with van der Waals surface area (Å²) in [5.74, 6) is 0.416. The summed E-state index contributed by atoms with van der Waals surface area (Å²) in [4.78, 5) is 29.3. The zero-order valence-electron chi connectivity index (χ0n) is 21.6. The molecular weight excluding hydrogens is 466 g/mol. The van der Waals surface area contributed by atoms with E-state index >= 15 is 0 Å². The van der Waals surface area contributed by atoms with E-state index in [2.05, 4.69) is 59.7 Å². The van der Waals surface area contributed by atoms with Crippen LogP contribution >= 0.6 is 0 Å². The third kappa shape index (κ3) is 4.92. The largest absolute Gasteiger partial charge is 0.395 e. The van der Waals surface area contributed by atoms with Gasteiger partial charge >= 0.3 is 0 Å². The van der Waals surface area contributed by atoms with Gasteiger partial charge in [0.25, 0.3) is 5.56 Å². The van der Waals surface area contributed by atoms with Crippen LogP contribution in [0.4, 0.5) is 11.6 Å². The Morgan fingerprint density at radius 1 is 1.16 bits per heavy atom. The Hall–Kier alpha value is -3.82. The second kappa shape index (κ2) is 9.91. The monoisotopic (exact) mass is 499 g/mol. The molecular formula is C28H33N7O2. The highest BCUT2D eigenvalue weighted by atomic mass is 16.3. The van der Waals surface area contributed by atoms with E-state index in [4.69, 9.17) is 4.98 Å². The van der Waals surface area contributed by atoms with Gasteiger partial charge in [-0.2, -0.15) is 4.98 Å². The summed E-state index contributed by atoms with van der Waals surface area (Å²) in [6.07, 6.45) is 5.97. The smallest absolute Gasteiger partial charge is 0.278 e. The summed E-state index contributed by atoms with van der Waals surface area (Å²) >= 11 is 0. The lowest BCUT2D eigenvalue weighted by molar-refractivity contribution is 0.184. The number of rotatable bonds is 7. The highest BCUT2D eigenvalue weighted by molar-refractivity contribution is 5.77. The molecule has 1 aromatic carbocycles. The van der Waals surface area contributed by atoms with Gasteiger partial charge in [-0.15, -0.1) is 6.58 Å². The van der Waals surface area contributed by atoms with E-state index < -0.39 is 0 Å². The highest BCUT2D eigenvalue weighted by Crippen LogP contribution is 2.26. The molecule has 0 fully saturated rings. The molecule has 9 nitrogen and oxygen atoms in total.